The van der Waals surface area contributed by atoms with Crippen molar-refractivity contribution in [1.29, 1.82) is 0 Å². The zero-order valence-corrected chi connectivity index (χ0v) is 14.7. The van der Waals surface area contributed by atoms with Gasteiger partial charge in [-0.05, 0) is 61.6 Å². The van der Waals surface area contributed by atoms with Crippen molar-refractivity contribution in [3.8, 4) is 0 Å². The minimum atomic E-state index is -0.362. The van der Waals surface area contributed by atoms with E-state index in [1.165, 1.54) is 32.1 Å². The Labute approximate surface area is 139 Å². The summed E-state index contributed by atoms with van der Waals surface area (Å²) in [5, 5.41) is 0.591. The highest BCUT2D eigenvalue weighted by Crippen LogP contribution is 2.39. The highest BCUT2D eigenvalue weighted by atomic mass is 127. The Balaban J connectivity index is 1.99. The van der Waals surface area contributed by atoms with Crippen LogP contribution in [0.15, 0.2) is 0 Å². The first-order valence-electron chi connectivity index (χ1n) is 7.47. The molecule has 3 nitrogen and oxygen atoms in total. The summed E-state index contributed by atoms with van der Waals surface area (Å²) in [5.74, 6) is 1.33. The van der Waals surface area contributed by atoms with Crippen molar-refractivity contribution in [2.75, 3.05) is 6.61 Å². The highest BCUT2D eigenvalue weighted by molar-refractivity contribution is 14.1. The van der Waals surface area contributed by atoms with Crippen molar-refractivity contribution in [2.24, 2.45) is 0 Å². The summed E-state index contributed by atoms with van der Waals surface area (Å²) in [7, 11) is 0. The maximum absolute atomic E-state index is 6.36. The first-order valence-corrected chi connectivity index (χ1v) is 8.93. The molecule has 3 rings (SSSR count). The first kappa shape index (κ1) is 15.0. The van der Waals surface area contributed by atoms with E-state index in [2.05, 4.69) is 34.5 Å². The molecule has 0 N–H and O–H groups in total. The lowest BCUT2D eigenvalue weighted by Crippen LogP contribution is -2.33. The van der Waals surface area contributed by atoms with Gasteiger partial charge in [-0.25, -0.2) is 9.97 Å². The highest BCUT2D eigenvalue weighted by Gasteiger charge is 2.35. The molecule has 1 aliphatic carbocycles. The van der Waals surface area contributed by atoms with Gasteiger partial charge in [-0.2, -0.15) is 0 Å². The molecule has 1 atom stereocenters. The van der Waals surface area contributed by atoms with Crippen molar-refractivity contribution >= 4 is 34.2 Å². The van der Waals surface area contributed by atoms with E-state index in [-0.39, 0.29) is 5.60 Å². The Bertz CT molecular complexity index is 497. The molecule has 1 aromatic rings. The van der Waals surface area contributed by atoms with Gasteiger partial charge in [-0.3, -0.25) is 0 Å². The molecule has 2 fully saturated rings. The molecule has 110 valence electrons. The molecular formula is C15H20ClIN2O. The molecule has 1 saturated carbocycles. The molecule has 0 spiro atoms. The molecule has 1 aromatic heterocycles. The maximum Gasteiger partial charge on any atom is 0.162 e. The van der Waals surface area contributed by atoms with Crippen LogP contribution in [0.5, 0.6) is 0 Å². The maximum atomic E-state index is 6.36. The summed E-state index contributed by atoms with van der Waals surface area (Å²) in [5.41, 5.74) is 0.785. The number of rotatable bonds is 2. The van der Waals surface area contributed by atoms with Crippen molar-refractivity contribution in [2.45, 2.75) is 63.4 Å². The number of aromatic nitrogens is 2. The molecule has 0 amide bonds. The minimum absolute atomic E-state index is 0.362. The number of nitrogens with zero attached hydrogens (tertiary/aromatic N) is 2. The van der Waals surface area contributed by atoms with Gasteiger partial charge in [0.25, 0.3) is 0 Å². The molecular weight excluding hydrogens is 387 g/mol. The monoisotopic (exact) mass is 406 g/mol. The topological polar surface area (TPSA) is 35.0 Å². The molecule has 1 saturated heterocycles. The number of hydrogen-bond acceptors (Lipinski definition) is 3. The fourth-order valence-electron chi connectivity index (χ4n) is 3.25. The third-order valence-corrected chi connectivity index (χ3v) is 6.18. The molecule has 0 bridgehead atoms. The lowest BCUT2D eigenvalue weighted by Gasteiger charge is -2.33. The Kier molecular flexibility index (Phi) is 4.53. The van der Waals surface area contributed by atoms with Crippen LogP contribution in [0.25, 0.3) is 0 Å². The quantitative estimate of drug-likeness (QED) is 0.522. The fraction of sp³-hybridized carbons (Fsp3) is 0.733. The fourth-order valence-corrected chi connectivity index (χ4v) is 4.11. The van der Waals surface area contributed by atoms with Crippen LogP contribution in [0.3, 0.4) is 0 Å². The zero-order chi connectivity index (χ0) is 14.2. The molecule has 2 aliphatic rings. The molecule has 2 heterocycles. The van der Waals surface area contributed by atoms with Crippen LogP contribution in [0.2, 0.25) is 5.15 Å². The summed E-state index contributed by atoms with van der Waals surface area (Å²) in [6, 6.07) is 0. The summed E-state index contributed by atoms with van der Waals surface area (Å²) in [6.07, 6.45) is 8.32. The summed E-state index contributed by atoms with van der Waals surface area (Å²) >= 11 is 8.65. The van der Waals surface area contributed by atoms with Crippen molar-refractivity contribution < 1.29 is 4.74 Å². The van der Waals surface area contributed by atoms with Crippen molar-refractivity contribution in [3.05, 3.63) is 20.2 Å². The molecule has 20 heavy (non-hydrogen) atoms. The number of ether oxygens (including phenoxy) is 1. The van der Waals surface area contributed by atoms with Crippen LogP contribution in [-0.2, 0) is 10.3 Å². The lowest BCUT2D eigenvalue weighted by atomic mass is 9.94. The Morgan fingerprint density at radius 2 is 1.95 bits per heavy atom. The van der Waals surface area contributed by atoms with Gasteiger partial charge in [0, 0.05) is 12.5 Å². The Morgan fingerprint density at radius 3 is 2.60 bits per heavy atom. The van der Waals surface area contributed by atoms with E-state index in [4.69, 9.17) is 21.3 Å². The SMILES string of the molecule is CC1(c2nc(Cl)c(I)c(C3CCCC3)n2)CCCCO1. The second-order valence-corrected chi connectivity index (χ2v) is 7.49. The lowest BCUT2D eigenvalue weighted by molar-refractivity contribution is -0.0762. The van der Waals surface area contributed by atoms with E-state index in [1.54, 1.807) is 0 Å². The summed E-state index contributed by atoms with van der Waals surface area (Å²) in [4.78, 5) is 9.40. The van der Waals surface area contributed by atoms with Gasteiger partial charge < -0.3 is 4.74 Å². The van der Waals surface area contributed by atoms with Crippen LogP contribution < -0.4 is 0 Å². The van der Waals surface area contributed by atoms with E-state index in [1.807, 2.05) is 0 Å². The predicted molar refractivity (Wildman–Crippen MR) is 88.1 cm³/mol. The molecule has 1 aliphatic heterocycles. The van der Waals surface area contributed by atoms with Crippen LogP contribution in [0.4, 0.5) is 0 Å². The van der Waals surface area contributed by atoms with Crippen LogP contribution in [-0.4, -0.2) is 16.6 Å². The summed E-state index contributed by atoms with van der Waals surface area (Å²) in [6.45, 7) is 2.89. The molecule has 0 radical (unpaired) electrons. The van der Waals surface area contributed by atoms with Crippen molar-refractivity contribution in [1.82, 2.24) is 9.97 Å². The number of hydrogen-bond donors (Lipinski definition) is 0. The number of halogens is 2. The van der Waals surface area contributed by atoms with Gasteiger partial charge >= 0.3 is 0 Å². The van der Waals surface area contributed by atoms with E-state index >= 15 is 0 Å². The average Bonchev–Trinajstić information content (AvgIpc) is 2.96. The van der Waals surface area contributed by atoms with Crippen molar-refractivity contribution in [3.63, 3.8) is 0 Å². The van der Waals surface area contributed by atoms with E-state index in [9.17, 15) is 0 Å². The third-order valence-electron chi connectivity index (χ3n) is 4.52. The van der Waals surface area contributed by atoms with Gasteiger partial charge in [0.2, 0.25) is 0 Å². The van der Waals surface area contributed by atoms with Crippen LogP contribution >= 0.6 is 34.2 Å². The summed E-state index contributed by atoms with van der Waals surface area (Å²) < 4.78 is 7.01. The zero-order valence-electron chi connectivity index (χ0n) is 11.8. The van der Waals surface area contributed by atoms with Crippen LogP contribution in [0, 0.1) is 3.57 Å². The average molecular weight is 407 g/mol. The molecule has 5 heteroatoms. The first-order chi connectivity index (χ1) is 9.60. The van der Waals surface area contributed by atoms with E-state index in [0.29, 0.717) is 11.1 Å². The second kappa shape index (κ2) is 6.05. The Morgan fingerprint density at radius 1 is 1.20 bits per heavy atom. The second-order valence-electron chi connectivity index (χ2n) is 6.06. The molecule has 1 unspecified atom stereocenters. The molecule has 0 aromatic carbocycles. The van der Waals surface area contributed by atoms with E-state index < -0.39 is 0 Å². The van der Waals surface area contributed by atoms with Gasteiger partial charge in [0.1, 0.15) is 10.8 Å². The minimum Gasteiger partial charge on any atom is -0.367 e. The third kappa shape index (κ3) is 2.83. The van der Waals surface area contributed by atoms with Crippen LogP contribution in [0.1, 0.15) is 69.3 Å². The van der Waals surface area contributed by atoms with Gasteiger partial charge in [-0.15, -0.1) is 0 Å². The Hall–Kier alpha value is 0.0600. The standard InChI is InChI=1S/C15H20ClIN2O/c1-15(8-4-5-9-20-15)14-18-12(10-6-2-3-7-10)11(17)13(16)19-14/h10H,2-9H2,1H3. The predicted octanol–water partition coefficient (Wildman–Crippen LogP) is 4.81. The normalized spacial score (nSPS) is 27.9. The smallest absolute Gasteiger partial charge is 0.162 e. The van der Waals surface area contributed by atoms with Gasteiger partial charge in [-0.1, -0.05) is 24.4 Å². The van der Waals surface area contributed by atoms with E-state index in [0.717, 1.165) is 34.5 Å². The van der Waals surface area contributed by atoms with Gasteiger partial charge in [0.15, 0.2) is 5.82 Å². The van der Waals surface area contributed by atoms with Gasteiger partial charge in [0.05, 0.1) is 9.26 Å². The largest absolute Gasteiger partial charge is 0.367 e.